The number of hydrogen-bond acceptors (Lipinski definition) is 3. The summed E-state index contributed by atoms with van der Waals surface area (Å²) in [5, 5.41) is 3.44. The number of thioether (sulfide) groups is 1. The van der Waals surface area contributed by atoms with Crippen LogP contribution in [0.15, 0.2) is 59.5 Å². The van der Waals surface area contributed by atoms with E-state index < -0.39 is 6.04 Å². The Morgan fingerprint density at radius 2 is 1.78 bits per heavy atom. The van der Waals surface area contributed by atoms with E-state index in [1.165, 1.54) is 0 Å². The van der Waals surface area contributed by atoms with Gasteiger partial charge in [-0.3, -0.25) is 9.59 Å². The number of nitrogens with zero attached hydrogens (tertiary/aromatic N) is 1. The van der Waals surface area contributed by atoms with Gasteiger partial charge in [-0.15, -0.1) is 11.8 Å². The van der Waals surface area contributed by atoms with Gasteiger partial charge >= 0.3 is 0 Å². The summed E-state index contributed by atoms with van der Waals surface area (Å²) in [6.07, 6.45) is 0.372. The number of halogens is 1. The standard InChI is InChI=1S/C21H25ClN2O2S/c1-3-23-21(26)16(2)24(15-17-9-11-18(22)12-10-17)20(25)13-14-27-19-7-5-4-6-8-19/h4-12,16H,3,13-15H2,1-2H3,(H,23,26)/t16-/m1/s1. The van der Waals surface area contributed by atoms with Crippen LogP contribution in [0, 0.1) is 0 Å². The average molecular weight is 405 g/mol. The number of carbonyl (C=O) groups excluding carboxylic acids is 2. The molecule has 0 saturated carbocycles. The first-order valence-corrected chi connectivity index (χ1v) is 10.4. The molecule has 0 aliphatic heterocycles. The number of carbonyl (C=O) groups is 2. The molecule has 4 nitrogen and oxygen atoms in total. The molecule has 2 aromatic rings. The lowest BCUT2D eigenvalue weighted by molar-refractivity contribution is -0.140. The monoisotopic (exact) mass is 404 g/mol. The van der Waals surface area contributed by atoms with E-state index in [1.54, 1.807) is 35.7 Å². The van der Waals surface area contributed by atoms with E-state index in [-0.39, 0.29) is 11.8 Å². The molecule has 6 heteroatoms. The van der Waals surface area contributed by atoms with Crippen molar-refractivity contribution < 1.29 is 9.59 Å². The van der Waals surface area contributed by atoms with E-state index in [1.807, 2.05) is 49.4 Å². The zero-order chi connectivity index (χ0) is 19.6. The van der Waals surface area contributed by atoms with E-state index in [2.05, 4.69) is 5.32 Å². The smallest absolute Gasteiger partial charge is 0.242 e. The van der Waals surface area contributed by atoms with E-state index >= 15 is 0 Å². The maximum absolute atomic E-state index is 12.9. The fourth-order valence-electron chi connectivity index (χ4n) is 2.61. The maximum Gasteiger partial charge on any atom is 0.242 e. The van der Waals surface area contributed by atoms with Crippen molar-refractivity contribution in [1.29, 1.82) is 0 Å². The van der Waals surface area contributed by atoms with Crippen LogP contribution in [0.2, 0.25) is 5.02 Å². The van der Waals surface area contributed by atoms with Crippen LogP contribution in [0.3, 0.4) is 0 Å². The van der Waals surface area contributed by atoms with Gasteiger partial charge in [0.15, 0.2) is 0 Å². The largest absolute Gasteiger partial charge is 0.355 e. The molecule has 2 aromatic carbocycles. The van der Waals surface area contributed by atoms with Crippen molar-refractivity contribution in [3.63, 3.8) is 0 Å². The fourth-order valence-corrected chi connectivity index (χ4v) is 3.60. The van der Waals surface area contributed by atoms with Crippen LogP contribution in [0.4, 0.5) is 0 Å². The van der Waals surface area contributed by atoms with Gasteiger partial charge in [0, 0.05) is 35.2 Å². The molecule has 0 spiro atoms. The van der Waals surface area contributed by atoms with Gasteiger partial charge in [0.1, 0.15) is 6.04 Å². The number of hydrogen-bond donors (Lipinski definition) is 1. The van der Waals surface area contributed by atoms with Gasteiger partial charge in [0.2, 0.25) is 11.8 Å². The van der Waals surface area contributed by atoms with Gasteiger partial charge in [0.05, 0.1) is 0 Å². The van der Waals surface area contributed by atoms with Gasteiger partial charge in [-0.2, -0.15) is 0 Å². The number of benzene rings is 2. The third kappa shape index (κ3) is 6.92. The topological polar surface area (TPSA) is 49.4 Å². The van der Waals surface area contributed by atoms with Gasteiger partial charge in [0.25, 0.3) is 0 Å². The second-order valence-electron chi connectivity index (χ2n) is 6.13. The van der Waals surface area contributed by atoms with E-state index in [0.29, 0.717) is 30.3 Å². The fraction of sp³-hybridized carbons (Fsp3) is 0.333. The minimum atomic E-state index is -0.533. The number of rotatable bonds is 9. The summed E-state index contributed by atoms with van der Waals surface area (Å²) in [6.45, 7) is 4.55. The summed E-state index contributed by atoms with van der Waals surface area (Å²) in [5.41, 5.74) is 0.944. The number of amides is 2. The molecular weight excluding hydrogens is 380 g/mol. The van der Waals surface area contributed by atoms with Crippen molar-refractivity contribution in [3.8, 4) is 0 Å². The van der Waals surface area contributed by atoms with Crippen molar-refractivity contribution in [2.45, 2.75) is 37.8 Å². The molecule has 0 radical (unpaired) electrons. The van der Waals surface area contributed by atoms with Gasteiger partial charge in [-0.05, 0) is 43.7 Å². The Labute approximate surface area is 170 Å². The molecule has 1 atom stereocenters. The zero-order valence-electron chi connectivity index (χ0n) is 15.7. The zero-order valence-corrected chi connectivity index (χ0v) is 17.2. The summed E-state index contributed by atoms with van der Waals surface area (Å²) in [6, 6.07) is 16.8. The molecule has 144 valence electrons. The summed E-state index contributed by atoms with van der Waals surface area (Å²) in [4.78, 5) is 27.9. The lowest BCUT2D eigenvalue weighted by Gasteiger charge is -2.28. The van der Waals surface area contributed by atoms with Crippen LogP contribution < -0.4 is 5.32 Å². The first kappa shape index (κ1) is 21.3. The van der Waals surface area contributed by atoms with Gasteiger partial charge in [-0.1, -0.05) is 41.9 Å². The molecule has 0 aliphatic rings. The lowest BCUT2D eigenvalue weighted by atomic mass is 10.1. The Morgan fingerprint density at radius 1 is 1.11 bits per heavy atom. The number of nitrogens with one attached hydrogen (secondary N) is 1. The molecule has 1 N–H and O–H groups in total. The quantitative estimate of drug-likeness (QED) is 0.631. The molecule has 27 heavy (non-hydrogen) atoms. The van der Waals surface area contributed by atoms with Crippen LogP contribution in [-0.2, 0) is 16.1 Å². The van der Waals surface area contributed by atoms with Gasteiger partial charge < -0.3 is 10.2 Å². The van der Waals surface area contributed by atoms with Crippen LogP contribution >= 0.6 is 23.4 Å². The molecule has 0 bridgehead atoms. The molecule has 0 heterocycles. The van der Waals surface area contributed by atoms with Crippen LogP contribution in [0.5, 0.6) is 0 Å². The first-order chi connectivity index (χ1) is 13.0. The molecule has 2 rings (SSSR count). The summed E-state index contributed by atoms with van der Waals surface area (Å²) < 4.78 is 0. The van der Waals surface area contributed by atoms with E-state index in [0.717, 1.165) is 10.5 Å². The maximum atomic E-state index is 12.9. The Hall–Kier alpha value is -1.98. The van der Waals surface area contributed by atoms with Crippen LogP contribution in [-0.4, -0.2) is 35.1 Å². The Morgan fingerprint density at radius 3 is 2.41 bits per heavy atom. The Bertz CT molecular complexity index is 738. The normalized spacial score (nSPS) is 11.7. The SMILES string of the molecule is CCNC(=O)[C@@H](C)N(Cc1ccc(Cl)cc1)C(=O)CCSc1ccccc1. The molecule has 0 saturated heterocycles. The predicted octanol–water partition coefficient (Wildman–Crippen LogP) is 4.38. The van der Waals surface area contributed by atoms with Crippen molar-refractivity contribution >= 4 is 35.2 Å². The molecule has 0 aliphatic carbocycles. The molecule has 0 unspecified atom stereocenters. The minimum Gasteiger partial charge on any atom is -0.355 e. The summed E-state index contributed by atoms with van der Waals surface area (Å²) in [5.74, 6) is 0.491. The third-order valence-corrected chi connectivity index (χ3v) is 5.38. The van der Waals surface area contributed by atoms with E-state index in [4.69, 9.17) is 11.6 Å². The predicted molar refractivity (Wildman–Crippen MR) is 112 cm³/mol. The molecule has 2 amide bonds. The minimum absolute atomic E-state index is 0.0351. The van der Waals surface area contributed by atoms with Gasteiger partial charge in [-0.25, -0.2) is 0 Å². The van der Waals surface area contributed by atoms with Crippen molar-refractivity contribution in [1.82, 2.24) is 10.2 Å². The molecule has 0 aromatic heterocycles. The molecule has 0 fully saturated rings. The Kier molecular flexibility index (Phi) is 8.69. The highest BCUT2D eigenvalue weighted by molar-refractivity contribution is 7.99. The van der Waals surface area contributed by atoms with Crippen LogP contribution in [0.25, 0.3) is 0 Å². The Balaban J connectivity index is 2.03. The second-order valence-corrected chi connectivity index (χ2v) is 7.73. The van der Waals surface area contributed by atoms with E-state index in [9.17, 15) is 9.59 Å². The average Bonchev–Trinajstić information content (AvgIpc) is 2.68. The lowest BCUT2D eigenvalue weighted by Crippen LogP contribution is -2.47. The highest BCUT2D eigenvalue weighted by Crippen LogP contribution is 2.20. The first-order valence-electron chi connectivity index (χ1n) is 9.00. The van der Waals surface area contributed by atoms with Crippen molar-refractivity contribution in [3.05, 3.63) is 65.2 Å². The summed E-state index contributed by atoms with van der Waals surface area (Å²) >= 11 is 7.58. The highest BCUT2D eigenvalue weighted by Gasteiger charge is 2.25. The third-order valence-electron chi connectivity index (χ3n) is 4.11. The highest BCUT2D eigenvalue weighted by atomic mass is 35.5. The number of likely N-dealkylation sites (N-methyl/N-ethyl adjacent to an activating group) is 1. The van der Waals surface area contributed by atoms with Crippen LogP contribution in [0.1, 0.15) is 25.8 Å². The van der Waals surface area contributed by atoms with Crippen molar-refractivity contribution in [2.75, 3.05) is 12.3 Å². The summed E-state index contributed by atoms with van der Waals surface area (Å²) in [7, 11) is 0. The molecular formula is C21H25ClN2O2S. The second kappa shape index (κ2) is 11.0. The van der Waals surface area contributed by atoms with Crippen molar-refractivity contribution in [2.24, 2.45) is 0 Å².